The van der Waals surface area contributed by atoms with Gasteiger partial charge >= 0.3 is 0 Å². The Kier molecular flexibility index (Phi) is 2.46. The van der Waals surface area contributed by atoms with Gasteiger partial charge < -0.3 is 0 Å². The smallest absolute Gasteiger partial charge is 0.208 e. The number of allylic oxidation sites excluding steroid dienone is 2. The third-order valence-electron chi connectivity index (χ3n) is 0.846. The van der Waals surface area contributed by atoms with E-state index in [1.54, 1.807) is 0 Å². The number of carbonyl (C=O) groups excluding carboxylic acids is 1. The van der Waals surface area contributed by atoms with Crippen LogP contribution in [0.15, 0.2) is 12.2 Å². The quantitative estimate of drug-likeness (QED) is 0.496. The van der Waals surface area contributed by atoms with Gasteiger partial charge in [0.2, 0.25) is 6.29 Å². The number of hydrogen-bond donors (Lipinski definition) is 0. The van der Waals surface area contributed by atoms with Crippen molar-refractivity contribution in [2.45, 2.75) is 20.8 Å². The van der Waals surface area contributed by atoms with Gasteiger partial charge in [-0.2, -0.15) is 0 Å². The standard InChI is InChI=1S/C7H11O/c1-4-5-7(2,3)6-8/h4-5H,1-3H3/b5-4+. The molecule has 0 aliphatic heterocycles. The predicted octanol–water partition coefficient (Wildman–Crippen LogP) is 1.70. The first-order valence-corrected chi connectivity index (χ1v) is 2.65. The van der Waals surface area contributed by atoms with E-state index in [0.717, 1.165) is 0 Å². The highest BCUT2D eigenvalue weighted by molar-refractivity contribution is 5.61. The van der Waals surface area contributed by atoms with Gasteiger partial charge in [0, 0.05) is 5.41 Å². The fraction of sp³-hybridized carbons (Fsp3) is 0.571. The van der Waals surface area contributed by atoms with Crippen molar-refractivity contribution in [1.29, 1.82) is 0 Å². The summed E-state index contributed by atoms with van der Waals surface area (Å²) >= 11 is 0. The largest absolute Gasteiger partial charge is 0.290 e. The molecule has 0 bridgehead atoms. The van der Waals surface area contributed by atoms with Crippen LogP contribution in [0.4, 0.5) is 0 Å². The van der Waals surface area contributed by atoms with Gasteiger partial charge in [-0.1, -0.05) is 12.2 Å². The number of rotatable bonds is 2. The van der Waals surface area contributed by atoms with E-state index in [4.69, 9.17) is 0 Å². The normalized spacial score (nSPS) is 12.4. The zero-order valence-electron chi connectivity index (χ0n) is 5.56. The van der Waals surface area contributed by atoms with E-state index in [1.807, 2.05) is 39.2 Å². The summed E-state index contributed by atoms with van der Waals surface area (Å²) in [5.74, 6) is 0. The minimum atomic E-state index is -0.394. The van der Waals surface area contributed by atoms with E-state index in [-0.39, 0.29) is 0 Å². The van der Waals surface area contributed by atoms with Crippen LogP contribution in [0.2, 0.25) is 0 Å². The second kappa shape index (κ2) is 2.65. The SMILES string of the molecule is C/C=C/C(C)(C)[C]=O. The molecule has 0 heterocycles. The molecule has 8 heavy (non-hydrogen) atoms. The molecule has 0 aromatic carbocycles. The topological polar surface area (TPSA) is 17.1 Å². The van der Waals surface area contributed by atoms with Gasteiger partial charge in [0.1, 0.15) is 0 Å². The second-order valence-electron chi connectivity index (χ2n) is 2.32. The Bertz CT molecular complexity index is 101. The van der Waals surface area contributed by atoms with Crippen LogP contribution in [0.1, 0.15) is 20.8 Å². The van der Waals surface area contributed by atoms with Gasteiger partial charge in [0.05, 0.1) is 0 Å². The van der Waals surface area contributed by atoms with E-state index in [2.05, 4.69) is 0 Å². The Morgan fingerprint density at radius 1 is 1.50 bits per heavy atom. The van der Waals surface area contributed by atoms with Crippen molar-refractivity contribution in [3.8, 4) is 0 Å². The fourth-order valence-corrected chi connectivity index (χ4v) is 0.451. The monoisotopic (exact) mass is 111 g/mol. The maximum Gasteiger partial charge on any atom is 0.208 e. The van der Waals surface area contributed by atoms with Crippen molar-refractivity contribution in [2.75, 3.05) is 0 Å². The van der Waals surface area contributed by atoms with Gasteiger partial charge in [-0.15, -0.1) is 0 Å². The molecule has 0 aromatic heterocycles. The van der Waals surface area contributed by atoms with Crippen LogP contribution in [0.5, 0.6) is 0 Å². The van der Waals surface area contributed by atoms with Gasteiger partial charge in [-0.3, -0.25) is 4.79 Å². The molecule has 0 spiro atoms. The molecule has 0 N–H and O–H groups in total. The van der Waals surface area contributed by atoms with E-state index < -0.39 is 5.41 Å². The summed E-state index contributed by atoms with van der Waals surface area (Å²) < 4.78 is 0. The lowest BCUT2D eigenvalue weighted by molar-refractivity contribution is 0.505. The van der Waals surface area contributed by atoms with Crippen LogP contribution in [-0.2, 0) is 4.79 Å². The Morgan fingerprint density at radius 3 is 2.12 bits per heavy atom. The van der Waals surface area contributed by atoms with E-state index >= 15 is 0 Å². The zero-order valence-corrected chi connectivity index (χ0v) is 5.56. The van der Waals surface area contributed by atoms with Crippen LogP contribution in [0, 0.1) is 5.41 Å². The molecule has 0 aromatic rings. The molecular weight excluding hydrogens is 100 g/mol. The molecule has 0 saturated carbocycles. The molecule has 1 heteroatoms. The highest BCUT2D eigenvalue weighted by atomic mass is 16.1. The van der Waals surface area contributed by atoms with Gasteiger partial charge in [-0.25, -0.2) is 0 Å². The van der Waals surface area contributed by atoms with Gasteiger partial charge in [0.25, 0.3) is 0 Å². The molecule has 0 atom stereocenters. The van der Waals surface area contributed by atoms with Crippen molar-refractivity contribution in [1.82, 2.24) is 0 Å². The Morgan fingerprint density at radius 2 is 2.00 bits per heavy atom. The Hall–Kier alpha value is -0.590. The van der Waals surface area contributed by atoms with Crippen LogP contribution < -0.4 is 0 Å². The van der Waals surface area contributed by atoms with Gasteiger partial charge in [-0.05, 0) is 20.8 Å². The van der Waals surface area contributed by atoms with E-state index in [1.165, 1.54) is 0 Å². The van der Waals surface area contributed by atoms with Crippen molar-refractivity contribution in [2.24, 2.45) is 5.41 Å². The molecule has 0 amide bonds. The summed E-state index contributed by atoms with van der Waals surface area (Å²) in [5.41, 5.74) is -0.394. The average molecular weight is 111 g/mol. The molecule has 0 rings (SSSR count). The van der Waals surface area contributed by atoms with Crippen molar-refractivity contribution < 1.29 is 4.79 Å². The maximum atomic E-state index is 10.0. The lowest BCUT2D eigenvalue weighted by atomic mass is 9.96. The molecular formula is C7H11O. The lowest BCUT2D eigenvalue weighted by Gasteiger charge is -2.06. The summed E-state index contributed by atoms with van der Waals surface area (Å²) in [7, 11) is 0. The minimum Gasteiger partial charge on any atom is -0.290 e. The summed E-state index contributed by atoms with van der Waals surface area (Å²) in [4.78, 5) is 10.0. The van der Waals surface area contributed by atoms with Crippen LogP contribution in [0.3, 0.4) is 0 Å². The maximum absolute atomic E-state index is 10.0. The Labute approximate surface area is 50.4 Å². The molecule has 0 saturated heterocycles. The summed E-state index contributed by atoms with van der Waals surface area (Å²) in [5, 5.41) is 0. The molecule has 1 nitrogen and oxygen atoms in total. The third-order valence-corrected chi connectivity index (χ3v) is 0.846. The number of hydrogen-bond acceptors (Lipinski definition) is 1. The first kappa shape index (κ1) is 7.41. The lowest BCUT2D eigenvalue weighted by Crippen LogP contribution is -2.07. The molecule has 45 valence electrons. The van der Waals surface area contributed by atoms with Crippen molar-refractivity contribution >= 4 is 6.29 Å². The van der Waals surface area contributed by atoms with Crippen molar-refractivity contribution in [3.63, 3.8) is 0 Å². The predicted molar refractivity (Wildman–Crippen MR) is 34.3 cm³/mol. The first-order chi connectivity index (χ1) is 3.62. The van der Waals surface area contributed by atoms with E-state index in [0.29, 0.717) is 0 Å². The molecule has 0 aliphatic rings. The zero-order chi connectivity index (χ0) is 6.62. The minimum absolute atomic E-state index is 0.394. The van der Waals surface area contributed by atoms with Crippen LogP contribution in [-0.4, -0.2) is 6.29 Å². The molecule has 0 unspecified atom stereocenters. The summed E-state index contributed by atoms with van der Waals surface area (Å²) in [6.07, 6.45) is 5.58. The van der Waals surface area contributed by atoms with E-state index in [9.17, 15) is 4.79 Å². The molecule has 0 aliphatic carbocycles. The second-order valence-corrected chi connectivity index (χ2v) is 2.32. The molecule has 1 radical (unpaired) electrons. The van der Waals surface area contributed by atoms with Crippen LogP contribution in [0.25, 0.3) is 0 Å². The molecule has 0 fully saturated rings. The van der Waals surface area contributed by atoms with Crippen molar-refractivity contribution in [3.05, 3.63) is 12.2 Å². The highest BCUT2D eigenvalue weighted by Gasteiger charge is 2.10. The highest BCUT2D eigenvalue weighted by Crippen LogP contribution is 2.11. The summed E-state index contributed by atoms with van der Waals surface area (Å²) in [6.45, 7) is 5.53. The fourth-order valence-electron chi connectivity index (χ4n) is 0.451. The third kappa shape index (κ3) is 2.56. The average Bonchev–Trinajstić information content (AvgIpc) is 1.67. The first-order valence-electron chi connectivity index (χ1n) is 2.65. The van der Waals surface area contributed by atoms with Gasteiger partial charge in [0.15, 0.2) is 0 Å². The summed E-state index contributed by atoms with van der Waals surface area (Å²) in [6, 6.07) is 0. The van der Waals surface area contributed by atoms with Crippen LogP contribution >= 0.6 is 0 Å². The Balaban J connectivity index is 3.90.